The number of nitrogens with one attached hydrogen (secondary N) is 1. The lowest BCUT2D eigenvalue weighted by molar-refractivity contribution is 0.102. The number of hydrogen-bond acceptors (Lipinski definition) is 3. The average Bonchev–Trinajstić information content (AvgIpc) is 3.04. The first-order valence-electron chi connectivity index (χ1n) is 8.61. The van der Waals surface area contributed by atoms with Crippen LogP contribution in [0.25, 0.3) is 0 Å². The van der Waals surface area contributed by atoms with Crippen molar-refractivity contribution in [3.05, 3.63) is 59.4 Å². The Hall–Kier alpha value is -2.41. The van der Waals surface area contributed by atoms with Crippen LogP contribution in [-0.4, -0.2) is 26.6 Å². The molecule has 0 aromatic heterocycles. The molecule has 0 saturated heterocycles. The van der Waals surface area contributed by atoms with E-state index >= 15 is 0 Å². The molecule has 0 unspecified atom stereocenters. The maximum absolute atomic E-state index is 13.3. The van der Waals surface area contributed by atoms with Gasteiger partial charge in [0.1, 0.15) is 5.82 Å². The van der Waals surface area contributed by atoms with E-state index in [0.717, 1.165) is 18.1 Å². The summed E-state index contributed by atoms with van der Waals surface area (Å²) in [6.07, 6.45) is 2.08. The number of benzene rings is 2. The van der Waals surface area contributed by atoms with Gasteiger partial charge in [-0.15, -0.1) is 0 Å². The highest BCUT2D eigenvalue weighted by molar-refractivity contribution is 7.92. The van der Waals surface area contributed by atoms with Crippen LogP contribution in [0.5, 0.6) is 0 Å². The molecule has 3 rings (SSSR count). The van der Waals surface area contributed by atoms with Crippen LogP contribution in [0, 0.1) is 5.82 Å². The summed E-state index contributed by atoms with van der Waals surface area (Å²) in [5.41, 5.74) is 2.24. The Morgan fingerprint density at radius 1 is 1.23 bits per heavy atom. The van der Waals surface area contributed by atoms with Crippen molar-refractivity contribution in [3.63, 3.8) is 0 Å². The maximum atomic E-state index is 13.3. The molecule has 5 nitrogen and oxygen atoms in total. The van der Waals surface area contributed by atoms with E-state index in [-0.39, 0.29) is 11.3 Å². The summed E-state index contributed by atoms with van der Waals surface area (Å²) >= 11 is 0. The molecule has 0 atom stereocenters. The van der Waals surface area contributed by atoms with Gasteiger partial charge in [-0.25, -0.2) is 12.8 Å². The summed E-state index contributed by atoms with van der Waals surface area (Å²) in [4.78, 5) is 12.3. The summed E-state index contributed by atoms with van der Waals surface area (Å²) < 4.78 is 39.8. The molecular weight excluding hydrogens is 355 g/mol. The molecule has 0 spiro atoms. The van der Waals surface area contributed by atoms with Crippen molar-refractivity contribution in [2.75, 3.05) is 21.9 Å². The zero-order valence-electron chi connectivity index (χ0n) is 14.5. The zero-order valence-corrected chi connectivity index (χ0v) is 15.4. The second-order valence-corrected chi connectivity index (χ2v) is 8.31. The fraction of sp³-hybridized carbons (Fsp3) is 0.316. The molecule has 0 bridgehead atoms. The highest BCUT2D eigenvalue weighted by Gasteiger charge is 2.29. The number of nitrogens with zero attached hydrogens (tertiary/aromatic N) is 1. The van der Waals surface area contributed by atoms with Crippen LogP contribution in [0.2, 0.25) is 0 Å². The third kappa shape index (κ3) is 3.88. The van der Waals surface area contributed by atoms with Crippen molar-refractivity contribution in [1.82, 2.24) is 0 Å². The van der Waals surface area contributed by atoms with Gasteiger partial charge in [0.2, 0.25) is 10.0 Å². The van der Waals surface area contributed by atoms with Crippen LogP contribution in [0.15, 0.2) is 42.5 Å². The van der Waals surface area contributed by atoms with Gasteiger partial charge in [0.15, 0.2) is 0 Å². The second-order valence-electron chi connectivity index (χ2n) is 6.30. The quantitative estimate of drug-likeness (QED) is 0.838. The minimum Gasteiger partial charge on any atom is -0.322 e. The Bertz CT molecular complexity index is 928. The first-order chi connectivity index (χ1) is 12.4. The summed E-state index contributed by atoms with van der Waals surface area (Å²) in [6, 6.07) is 10.6. The Kier molecular flexibility index (Phi) is 5.27. The van der Waals surface area contributed by atoms with E-state index < -0.39 is 21.7 Å². The molecule has 2 aromatic carbocycles. The Morgan fingerprint density at radius 3 is 2.77 bits per heavy atom. The summed E-state index contributed by atoms with van der Waals surface area (Å²) in [7, 11) is -3.37. The van der Waals surface area contributed by atoms with Gasteiger partial charge in [0, 0.05) is 17.8 Å². The molecule has 2 aromatic rings. The summed E-state index contributed by atoms with van der Waals surface area (Å²) in [5.74, 6) is -0.814. The van der Waals surface area contributed by atoms with Crippen molar-refractivity contribution >= 4 is 27.3 Å². The largest absolute Gasteiger partial charge is 0.322 e. The lowest BCUT2D eigenvalue weighted by atomic mass is 10.1. The fourth-order valence-corrected chi connectivity index (χ4v) is 4.70. The van der Waals surface area contributed by atoms with Crippen molar-refractivity contribution < 1.29 is 17.6 Å². The van der Waals surface area contributed by atoms with Crippen molar-refractivity contribution in [3.8, 4) is 0 Å². The fourth-order valence-electron chi connectivity index (χ4n) is 2.99. The highest BCUT2D eigenvalue weighted by Crippen LogP contribution is 2.33. The van der Waals surface area contributed by atoms with Crippen LogP contribution in [0.3, 0.4) is 0 Å². The number of carbonyl (C=O) groups excluding carboxylic acids is 1. The molecule has 26 heavy (non-hydrogen) atoms. The van der Waals surface area contributed by atoms with Gasteiger partial charge < -0.3 is 5.32 Å². The number of anilines is 2. The Labute approximate surface area is 152 Å². The van der Waals surface area contributed by atoms with Gasteiger partial charge in [-0.3, -0.25) is 9.10 Å². The third-order valence-electron chi connectivity index (χ3n) is 4.37. The Balaban J connectivity index is 1.82. The second kappa shape index (κ2) is 7.45. The molecule has 1 aliphatic rings. The number of fused-ring (bicyclic) bond motifs is 1. The van der Waals surface area contributed by atoms with Crippen molar-refractivity contribution in [1.29, 1.82) is 0 Å². The molecule has 138 valence electrons. The van der Waals surface area contributed by atoms with E-state index in [1.807, 2.05) is 13.0 Å². The maximum Gasteiger partial charge on any atom is 0.255 e. The van der Waals surface area contributed by atoms with Crippen LogP contribution < -0.4 is 9.62 Å². The minimum absolute atomic E-state index is 0.114. The van der Waals surface area contributed by atoms with Crippen LogP contribution in [0.4, 0.5) is 15.8 Å². The third-order valence-corrected chi connectivity index (χ3v) is 6.23. The first kappa shape index (κ1) is 18.4. The number of rotatable bonds is 6. The van der Waals surface area contributed by atoms with E-state index in [1.54, 1.807) is 12.1 Å². The smallest absolute Gasteiger partial charge is 0.255 e. The predicted molar refractivity (Wildman–Crippen MR) is 101 cm³/mol. The predicted octanol–water partition coefficient (Wildman–Crippen LogP) is 3.57. The minimum atomic E-state index is -3.37. The zero-order chi connectivity index (χ0) is 18.7. The topological polar surface area (TPSA) is 66.5 Å². The number of amides is 1. The molecule has 0 saturated carbocycles. The van der Waals surface area contributed by atoms with E-state index in [0.29, 0.717) is 30.8 Å². The summed E-state index contributed by atoms with van der Waals surface area (Å²) in [6.45, 7) is 2.37. The molecule has 0 fully saturated rings. The first-order valence-corrected chi connectivity index (χ1v) is 10.2. The number of carbonyl (C=O) groups is 1. The molecule has 7 heteroatoms. The lowest BCUT2D eigenvalue weighted by Crippen LogP contribution is -2.31. The average molecular weight is 376 g/mol. The molecule has 1 N–H and O–H groups in total. The normalized spacial score (nSPS) is 13.5. The van der Waals surface area contributed by atoms with Gasteiger partial charge in [-0.05, 0) is 48.7 Å². The van der Waals surface area contributed by atoms with E-state index in [1.165, 1.54) is 22.5 Å². The number of halogens is 1. The number of sulfonamides is 1. The van der Waals surface area contributed by atoms with Gasteiger partial charge in [0.25, 0.3) is 5.91 Å². The summed E-state index contributed by atoms with van der Waals surface area (Å²) in [5, 5.41) is 2.70. The standard InChI is InChI=1S/C19H21FN2O3S/c1-2-3-11-26(24,25)22-10-9-14-7-8-17(13-18(14)22)21-19(23)15-5-4-6-16(20)12-15/h4-8,12-13H,2-3,9-11H2,1H3,(H,21,23). The van der Waals surface area contributed by atoms with Crippen molar-refractivity contribution in [2.45, 2.75) is 26.2 Å². The van der Waals surface area contributed by atoms with Crippen LogP contribution in [-0.2, 0) is 16.4 Å². The molecule has 1 aliphatic heterocycles. The molecular formula is C19H21FN2O3S. The highest BCUT2D eigenvalue weighted by atomic mass is 32.2. The van der Waals surface area contributed by atoms with Gasteiger partial charge in [-0.2, -0.15) is 0 Å². The van der Waals surface area contributed by atoms with E-state index in [2.05, 4.69) is 5.32 Å². The van der Waals surface area contributed by atoms with E-state index in [9.17, 15) is 17.6 Å². The number of unbranched alkanes of at least 4 members (excludes halogenated alkanes) is 1. The van der Waals surface area contributed by atoms with Gasteiger partial charge >= 0.3 is 0 Å². The van der Waals surface area contributed by atoms with Gasteiger partial charge in [-0.1, -0.05) is 25.5 Å². The van der Waals surface area contributed by atoms with Crippen molar-refractivity contribution in [2.24, 2.45) is 0 Å². The van der Waals surface area contributed by atoms with Crippen LogP contribution in [0.1, 0.15) is 35.7 Å². The molecule has 1 amide bonds. The van der Waals surface area contributed by atoms with Gasteiger partial charge in [0.05, 0.1) is 11.4 Å². The molecule has 0 radical (unpaired) electrons. The molecule has 0 aliphatic carbocycles. The number of hydrogen-bond donors (Lipinski definition) is 1. The molecule has 1 heterocycles. The lowest BCUT2D eigenvalue weighted by Gasteiger charge is -2.20. The van der Waals surface area contributed by atoms with E-state index in [4.69, 9.17) is 0 Å². The monoisotopic (exact) mass is 376 g/mol. The SMILES string of the molecule is CCCCS(=O)(=O)N1CCc2ccc(NC(=O)c3cccc(F)c3)cc21. The Morgan fingerprint density at radius 2 is 2.04 bits per heavy atom. The van der Waals surface area contributed by atoms with Crippen LogP contribution >= 0.6 is 0 Å².